The lowest BCUT2D eigenvalue weighted by Gasteiger charge is -2.21. The third kappa shape index (κ3) is 5.39. The molecule has 4 N–H and O–H groups in total. The molecule has 10 heteroatoms. The fourth-order valence-corrected chi connectivity index (χ4v) is 4.63. The maximum Gasteiger partial charge on any atom is 0.404 e. The Morgan fingerprint density at radius 2 is 2.03 bits per heavy atom. The molecule has 3 rings (SSSR count). The molecule has 0 aliphatic rings. The summed E-state index contributed by atoms with van der Waals surface area (Å²) in [6.07, 6.45) is 0.546. The number of hydrogen-bond acceptors (Lipinski definition) is 6. The van der Waals surface area contributed by atoms with E-state index in [4.69, 9.17) is 10.5 Å². The summed E-state index contributed by atoms with van der Waals surface area (Å²) in [5.41, 5.74) is 6.98. The number of nitrogens with two attached hydrogens (primary N) is 1. The second-order valence-corrected chi connectivity index (χ2v) is 9.50. The Kier molecular flexibility index (Phi) is 7.93. The van der Waals surface area contributed by atoms with Crippen LogP contribution in [0.2, 0.25) is 0 Å². The molecule has 0 saturated heterocycles. The standard InChI is InChI=1S/C24H30N4O5S/c1-5-6-9-33-19-17-10-15(22-27-14(4)20(34-22)21(25)29)7-8-16(17)23(30)28(12-13(2)3)18(19)11-26-24(31)32/h7-8,10,13,26H,5-6,9,11-12H2,1-4H3,(H2,25,29)(H,31,32). The number of aromatic nitrogens is 2. The number of nitrogens with one attached hydrogen (secondary N) is 1. The first kappa shape index (κ1) is 25.2. The first-order valence-corrected chi connectivity index (χ1v) is 12.0. The van der Waals surface area contributed by atoms with Crippen LogP contribution in [-0.2, 0) is 13.1 Å². The molecular formula is C24H30N4O5S. The summed E-state index contributed by atoms with van der Waals surface area (Å²) in [5.74, 6) is 0.0962. The smallest absolute Gasteiger partial charge is 0.404 e. The van der Waals surface area contributed by atoms with Crippen molar-refractivity contribution in [2.75, 3.05) is 6.61 Å². The van der Waals surface area contributed by atoms with Crippen molar-refractivity contribution in [3.05, 3.63) is 44.8 Å². The zero-order chi connectivity index (χ0) is 25.0. The largest absolute Gasteiger partial charge is 0.491 e. The Balaban J connectivity index is 2.28. The maximum absolute atomic E-state index is 13.5. The Bertz CT molecular complexity index is 1280. The minimum absolute atomic E-state index is 0.0684. The number of ether oxygens (including phenoxy) is 1. The summed E-state index contributed by atoms with van der Waals surface area (Å²) < 4.78 is 7.77. The van der Waals surface area contributed by atoms with Crippen molar-refractivity contribution in [2.24, 2.45) is 11.7 Å². The van der Waals surface area contributed by atoms with Crippen molar-refractivity contribution >= 4 is 34.1 Å². The number of carbonyl (C=O) groups excluding carboxylic acids is 1. The van der Waals surface area contributed by atoms with Gasteiger partial charge in [-0.15, -0.1) is 11.3 Å². The van der Waals surface area contributed by atoms with Gasteiger partial charge in [0.25, 0.3) is 11.5 Å². The van der Waals surface area contributed by atoms with Crippen LogP contribution in [0.25, 0.3) is 21.3 Å². The van der Waals surface area contributed by atoms with Crippen molar-refractivity contribution in [1.29, 1.82) is 0 Å². The second-order valence-electron chi connectivity index (χ2n) is 8.50. The van der Waals surface area contributed by atoms with Gasteiger partial charge in [-0.25, -0.2) is 9.78 Å². The molecular weight excluding hydrogens is 456 g/mol. The molecule has 3 aromatic rings. The van der Waals surface area contributed by atoms with Gasteiger partial charge >= 0.3 is 6.09 Å². The number of thiazole rings is 1. The van der Waals surface area contributed by atoms with Gasteiger partial charge < -0.3 is 25.5 Å². The quantitative estimate of drug-likeness (QED) is 0.369. The molecule has 0 atom stereocenters. The van der Waals surface area contributed by atoms with Crippen LogP contribution in [0.3, 0.4) is 0 Å². The molecule has 0 aliphatic heterocycles. The fourth-order valence-electron chi connectivity index (χ4n) is 3.72. The molecule has 0 fully saturated rings. The zero-order valence-electron chi connectivity index (χ0n) is 19.8. The molecule has 34 heavy (non-hydrogen) atoms. The topological polar surface area (TPSA) is 137 Å². The van der Waals surface area contributed by atoms with Gasteiger partial charge in [-0.05, 0) is 31.4 Å². The minimum atomic E-state index is -1.19. The van der Waals surface area contributed by atoms with E-state index in [2.05, 4.69) is 10.3 Å². The van der Waals surface area contributed by atoms with Crippen LogP contribution in [-0.4, -0.2) is 33.3 Å². The van der Waals surface area contributed by atoms with E-state index in [0.717, 1.165) is 12.8 Å². The SMILES string of the molecule is CCCCOc1c(CNC(=O)O)n(CC(C)C)c(=O)c2ccc(-c3nc(C)c(C(N)=O)s3)cc12. The molecule has 182 valence electrons. The van der Waals surface area contributed by atoms with E-state index in [1.165, 1.54) is 11.3 Å². The number of amides is 2. The van der Waals surface area contributed by atoms with E-state index in [9.17, 15) is 19.5 Å². The van der Waals surface area contributed by atoms with Gasteiger partial charge in [-0.2, -0.15) is 0 Å². The van der Waals surface area contributed by atoms with Crippen molar-refractivity contribution in [3.63, 3.8) is 0 Å². The Hall–Kier alpha value is -3.40. The number of nitrogens with zero attached hydrogens (tertiary/aromatic N) is 2. The van der Waals surface area contributed by atoms with Crippen molar-refractivity contribution in [1.82, 2.24) is 14.9 Å². The molecule has 1 aromatic carbocycles. The van der Waals surface area contributed by atoms with E-state index in [0.29, 0.717) is 56.5 Å². The second kappa shape index (κ2) is 10.7. The summed E-state index contributed by atoms with van der Waals surface area (Å²) in [7, 11) is 0. The first-order chi connectivity index (χ1) is 16.1. The van der Waals surface area contributed by atoms with Crippen LogP contribution >= 0.6 is 11.3 Å². The molecule has 2 heterocycles. The number of unbranched alkanes of at least 4 members (excludes halogenated alkanes) is 1. The van der Waals surface area contributed by atoms with Crippen molar-refractivity contribution in [3.8, 4) is 16.3 Å². The normalized spacial score (nSPS) is 11.2. The van der Waals surface area contributed by atoms with Gasteiger partial charge in [-0.1, -0.05) is 33.3 Å². The zero-order valence-corrected chi connectivity index (χ0v) is 20.6. The molecule has 0 saturated carbocycles. The van der Waals surface area contributed by atoms with E-state index in [1.807, 2.05) is 26.8 Å². The van der Waals surface area contributed by atoms with Crippen LogP contribution in [0.5, 0.6) is 5.75 Å². The van der Waals surface area contributed by atoms with Gasteiger partial charge in [0.2, 0.25) is 0 Å². The van der Waals surface area contributed by atoms with E-state index >= 15 is 0 Å². The number of carbonyl (C=O) groups is 2. The number of pyridine rings is 1. The third-order valence-corrected chi connectivity index (χ3v) is 6.52. The molecule has 2 aromatic heterocycles. The van der Waals surface area contributed by atoms with Crippen LogP contribution < -0.4 is 21.3 Å². The predicted molar refractivity (Wildman–Crippen MR) is 133 cm³/mol. The molecule has 0 bridgehead atoms. The summed E-state index contributed by atoms with van der Waals surface area (Å²) in [6.45, 7) is 8.54. The highest BCUT2D eigenvalue weighted by atomic mass is 32.1. The van der Waals surface area contributed by atoms with Gasteiger partial charge in [0, 0.05) is 17.5 Å². The Labute approximate surface area is 201 Å². The molecule has 0 unspecified atom stereocenters. The number of aryl methyl sites for hydroxylation is 1. The van der Waals surface area contributed by atoms with Gasteiger partial charge in [-0.3, -0.25) is 9.59 Å². The summed E-state index contributed by atoms with van der Waals surface area (Å²) >= 11 is 1.19. The number of fused-ring (bicyclic) bond motifs is 1. The maximum atomic E-state index is 13.5. The highest BCUT2D eigenvalue weighted by molar-refractivity contribution is 7.17. The average Bonchev–Trinajstić information content (AvgIpc) is 3.17. The van der Waals surface area contributed by atoms with E-state index in [1.54, 1.807) is 23.6 Å². The molecule has 0 aliphatic carbocycles. The number of hydrogen-bond donors (Lipinski definition) is 3. The minimum Gasteiger partial charge on any atom is -0.491 e. The fraction of sp³-hybridized carbons (Fsp3) is 0.417. The lowest BCUT2D eigenvalue weighted by atomic mass is 10.0. The number of primary amides is 1. The molecule has 2 amide bonds. The van der Waals surface area contributed by atoms with Gasteiger partial charge in [0.05, 0.1) is 29.9 Å². The lowest BCUT2D eigenvalue weighted by molar-refractivity contribution is 0.100. The van der Waals surface area contributed by atoms with Crippen LogP contribution in [0, 0.1) is 12.8 Å². The van der Waals surface area contributed by atoms with E-state index < -0.39 is 12.0 Å². The van der Waals surface area contributed by atoms with Crippen molar-refractivity contribution < 1.29 is 19.4 Å². The van der Waals surface area contributed by atoms with Crippen LogP contribution in [0.4, 0.5) is 4.79 Å². The summed E-state index contributed by atoms with van der Waals surface area (Å²) in [5, 5.41) is 13.3. The Morgan fingerprint density at radius 1 is 1.29 bits per heavy atom. The molecule has 0 spiro atoms. The summed E-state index contributed by atoms with van der Waals surface area (Å²) in [6, 6.07) is 5.33. The monoisotopic (exact) mass is 486 g/mol. The molecule has 9 nitrogen and oxygen atoms in total. The number of rotatable bonds is 10. The average molecular weight is 487 g/mol. The predicted octanol–water partition coefficient (Wildman–Crippen LogP) is 4.13. The van der Waals surface area contributed by atoms with Crippen LogP contribution in [0.15, 0.2) is 23.0 Å². The highest BCUT2D eigenvalue weighted by Gasteiger charge is 2.21. The number of benzene rings is 1. The van der Waals surface area contributed by atoms with Crippen molar-refractivity contribution in [2.45, 2.75) is 53.6 Å². The van der Waals surface area contributed by atoms with Gasteiger partial charge in [0.1, 0.15) is 15.6 Å². The summed E-state index contributed by atoms with van der Waals surface area (Å²) in [4.78, 5) is 41.3. The first-order valence-electron chi connectivity index (χ1n) is 11.2. The number of carboxylic acid groups (broad SMARTS) is 1. The highest BCUT2D eigenvalue weighted by Crippen LogP contribution is 2.34. The van der Waals surface area contributed by atoms with E-state index in [-0.39, 0.29) is 18.0 Å². The molecule has 0 radical (unpaired) electrons. The van der Waals surface area contributed by atoms with Crippen LogP contribution in [0.1, 0.15) is 54.7 Å². The lowest BCUT2D eigenvalue weighted by Crippen LogP contribution is -2.31. The Morgan fingerprint density at radius 3 is 2.62 bits per heavy atom. The van der Waals surface area contributed by atoms with Gasteiger partial charge in [0.15, 0.2) is 0 Å². The third-order valence-electron chi connectivity index (χ3n) is 5.29.